The first-order chi connectivity index (χ1) is 31.2. The fourth-order valence-electron chi connectivity index (χ4n) is 9.33. The van der Waals surface area contributed by atoms with Crippen LogP contribution in [0.1, 0.15) is 291 Å². The lowest BCUT2D eigenvalue weighted by molar-refractivity contribution is -0.150. The molecule has 0 aromatic rings. The minimum atomic E-state index is 0.0474. The van der Waals surface area contributed by atoms with Crippen molar-refractivity contribution < 1.29 is 23.9 Å². The highest BCUT2D eigenvalue weighted by Gasteiger charge is 2.23. The summed E-state index contributed by atoms with van der Waals surface area (Å²) in [7, 11) is 4.28. The first kappa shape index (κ1) is 62.4. The Balaban J connectivity index is 4.92. The molecule has 7 nitrogen and oxygen atoms in total. The van der Waals surface area contributed by atoms with Gasteiger partial charge in [-0.3, -0.25) is 14.4 Å². The topological polar surface area (TPSA) is 76.2 Å². The van der Waals surface area contributed by atoms with Gasteiger partial charge in [-0.2, -0.15) is 0 Å². The lowest BCUT2D eigenvalue weighted by Gasteiger charge is -2.33. The molecule has 1 amide bonds. The molecule has 2 unspecified atom stereocenters. The van der Waals surface area contributed by atoms with E-state index in [9.17, 15) is 14.4 Å². The fraction of sp³-hybridized carbons (Fsp3) is 0.947. The van der Waals surface area contributed by atoms with Crippen molar-refractivity contribution in [1.29, 1.82) is 0 Å². The molecule has 2 atom stereocenters. The van der Waals surface area contributed by atoms with Gasteiger partial charge in [0.05, 0.1) is 25.0 Å². The maximum atomic E-state index is 13.9. The smallest absolute Gasteiger partial charge is 0.308 e. The summed E-state index contributed by atoms with van der Waals surface area (Å²) in [4.78, 5) is 44.2. The van der Waals surface area contributed by atoms with Crippen LogP contribution in [-0.4, -0.2) is 74.1 Å². The van der Waals surface area contributed by atoms with Crippen molar-refractivity contribution in [3.63, 3.8) is 0 Å². The second-order valence-corrected chi connectivity index (χ2v) is 20.2. The Morgan fingerprint density at radius 3 is 1.09 bits per heavy atom. The zero-order chi connectivity index (χ0) is 47.1. The molecule has 0 aliphatic rings. The Kier molecular flexibility index (Phi) is 46.6. The van der Waals surface area contributed by atoms with Crippen LogP contribution in [0.15, 0.2) is 0 Å². The number of nitrogens with zero attached hydrogens (tertiary/aromatic N) is 2. The van der Waals surface area contributed by atoms with Gasteiger partial charge in [0, 0.05) is 19.0 Å². The zero-order valence-corrected chi connectivity index (χ0v) is 44.3. The Labute approximate surface area is 399 Å². The first-order valence-corrected chi connectivity index (χ1v) is 28.5. The van der Waals surface area contributed by atoms with Crippen LogP contribution in [0, 0.1) is 11.8 Å². The quantitative estimate of drug-likeness (QED) is 0.0447. The molecule has 0 heterocycles. The van der Waals surface area contributed by atoms with Crippen molar-refractivity contribution in [3.05, 3.63) is 0 Å². The molecular weight excluding hydrogens is 793 g/mol. The van der Waals surface area contributed by atoms with Gasteiger partial charge in [0.2, 0.25) is 5.91 Å². The van der Waals surface area contributed by atoms with Crippen LogP contribution < -0.4 is 0 Å². The van der Waals surface area contributed by atoms with Crippen molar-refractivity contribution in [3.8, 4) is 0 Å². The van der Waals surface area contributed by atoms with Crippen molar-refractivity contribution in [2.75, 3.05) is 40.4 Å². The van der Waals surface area contributed by atoms with Crippen LogP contribution in [0.4, 0.5) is 0 Å². The summed E-state index contributed by atoms with van der Waals surface area (Å²) < 4.78 is 11.6. The van der Waals surface area contributed by atoms with E-state index in [1.807, 2.05) is 0 Å². The molecule has 0 aliphatic heterocycles. The van der Waals surface area contributed by atoms with Crippen molar-refractivity contribution >= 4 is 17.8 Å². The summed E-state index contributed by atoms with van der Waals surface area (Å²) in [6, 6.07) is 0.347. The van der Waals surface area contributed by atoms with Gasteiger partial charge in [0.1, 0.15) is 0 Å². The van der Waals surface area contributed by atoms with Gasteiger partial charge in [-0.15, -0.1) is 0 Å². The number of ether oxygens (including phenoxy) is 2. The molecule has 0 spiro atoms. The van der Waals surface area contributed by atoms with Gasteiger partial charge in [-0.1, -0.05) is 221 Å². The van der Waals surface area contributed by atoms with Crippen LogP contribution in [0.5, 0.6) is 0 Å². The monoisotopic (exact) mass is 905 g/mol. The summed E-state index contributed by atoms with van der Waals surface area (Å²) in [6.45, 7) is 14.2. The molecule has 0 aromatic heterocycles. The number of unbranched alkanes of at least 4 members (excludes halogenated alkanes) is 25. The Morgan fingerprint density at radius 2 is 0.688 bits per heavy atom. The van der Waals surface area contributed by atoms with E-state index in [0.717, 1.165) is 129 Å². The Morgan fingerprint density at radius 1 is 0.359 bits per heavy atom. The molecule has 0 fully saturated rings. The number of hydrogen-bond donors (Lipinski definition) is 0. The molecule has 0 aromatic carbocycles. The molecule has 0 radical (unpaired) electrons. The van der Waals surface area contributed by atoms with E-state index in [-0.39, 0.29) is 23.8 Å². The number of carbonyl (C=O) groups excluding carboxylic acids is 3. The largest absolute Gasteiger partial charge is 0.465 e. The molecule has 380 valence electrons. The van der Waals surface area contributed by atoms with Crippen molar-refractivity contribution in [2.45, 2.75) is 297 Å². The maximum Gasteiger partial charge on any atom is 0.308 e. The number of esters is 2. The molecule has 0 saturated heterocycles. The van der Waals surface area contributed by atoms with E-state index in [4.69, 9.17) is 9.47 Å². The fourth-order valence-corrected chi connectivity index (χ4v) is 9.33. The number of rotatable bonds is 50. The van der Waals surface area contributed by atoms with E-state index in [1.54, 1.807) is 0 Å². The second-order valence-electron chi connectivity index (χ2n) is 20.2. The highest BCUT2D eigenvalue weighted by Crippen LogP contribution is 2.24. The minimum absolute atomic E-state index is 0.0474. The minimum Gasteiger partial charge on any atom is -0.465 e. The van der Waals surface area contributed by atoms with E-state index in [1.165, 1.54) is 135 Å². The third-order valence-electron chi connectivity index (χ3n) is 13.7. The normalized spacial score (nSPS) is 13.0. The molecule has 0 N–H and O–H groups in total. The highest BCUT2D eigenvalue weighted by molar-refractivity contribution is 5.76. The molecule has 0 aliphatic carbocycles. The molecule has 7 heteroatoms. The van der Waals surface area contributed by atoms with E-state index in [0.29, 0.717) is 31.6 Å². The number of hydrogen-bond acceptors (Lipinski definition) is 6. The summed E-state index contributed by atoms with van der Waals surface area (Å²) in [5.41, 5.74) is 0. The summed E-state index contributed by atoms with van der Waals surface area (Å²) >= 11 is 0. The second kappa shape index (κ2) is 47.8. The van der Waals surface area contributed by atoms with Crippen LogP contribution >= 0.6 is 0 Å². The highest BCUT2D eigenvalue weighted by atomic mass is 16.5. The average molecular weight is 906 g/mol. The molecule has 64 heavy (non-hydrogen) atoms. The van der Waals surface area contributed by atoms with Gasteiger partial charge in [-0.05, 0) is 84.8 Å². The third-order valence-corrected chi connectivity index (χ3v) is 13.7. The first-order valence-electron chi connectivity index (χ1n) is 28.5. The lowest BCUT2D eigenvalue weighted by Crippen LogP contribution is -2.41. The predicted octanol–water partition coefficient (Wildman–Crippen LogP) is 16.8. The molecular formula is C57H112N2O5. The SMILES string of the molecule is CCCCCCCCC(=O)N(CCCN(C)C)C(CCCCCCCCCOC(=O)C(CCCC)CCCCCC)CCCCCCCCCOC(=O)C(CCCC)CCCCCC. The van der Waals surface area contributed by atoms with E-state index >= 15 is 0 Å². The van der Waals surface area contributed by atoms with Gasteiger partial charge < -0.3 is 19.3 Å². The van der Waals surface area contributed by atoms with E-state index in [2.05, 4.69) is 58.5 Å². The van der Waals surface area contributed by atoms with Crippen molar-refractivity contribution in [2.24, 2.45) is 11.8 Å². The third kappa shape index (κ3) is 38.5. The van der Waals surface area contributed by atoms with Crippen LogP contribution in [0.25, 0.3) is 0 Å². The van der Waals surface area contributed by atoms with Gasteiger partial charge in [0.25, 0.3) is 0 Å². The number of carbonyl (C=O) groups is 3. The summed E-state index contributed by atoms with van der Waals surface area (Å²) in [6.07, 6.45) is 45.8. The van der Waals surface area contributed by atoms with Gasteiger partial charge in [0.15, 0.2) is 0 Å². The Hall–Kier alpha value is -1.63. The molecule has 0 saturated carbocycles. The van der Waals surface area contributed by atoms with Crippen LogP contribution in [-0.2, 0) is 23.9 Å². The Bertz CT molecular complexity index is 964. The molecule has 0 rings (SSSR count). The summed E-state index contributed by atoms with van der Waals surface area (Å²) in [5.74, 6) is 0.669. The number of amides is 1. The zero-order valence-electron chi connectivity index (χ0n) is 44.3. The predicted molar refractivity (Wildman–Crippen MR) is 276 cm³/mol. The van der Waals surface area contributed by atoms with Crippen molar-refractivity contribution in [1.82, 2.24) is 9.80 Å². The van der Waals surface area contributed by atoms with Crippen LogP contribution in [0.3, 0.4) is 0 Å². The standard InChI is InChI=1S/C57H112N2O5/c1-8-13-18-21-30-37-47-55(60)59(49-40-48-58(6)7)54(45-35-28-24-22-26-31-38-50-63-56(61)52(41-16-11-4)43-33-19-14-9-2)46-36-29-25-23-27-32-39-51-64-57(62)53(42-17-12-5)44-34-20-15-10-3/h52-54H,8-51H2,1-7H3. The van der Waals surface area contributed by atoms with Crippen LogP contribution in [0.2, 0.25) is 0 Å². The van der Waals surface area contributed by atoms with E-state index < -0.39 is 0 Å². The maximum absolute atomic E-state index is 13.9. The summed E-state index contributed by atoms with van der Waals surface area (Å²) in [5, 5.41) is 0. The van der Waals surface area contributed by atoms with Gasteiger partial charge in [-0.25, -0.2) is 0 Å². The van der Waals surface area contributed by atoms with Gasteiger partial charge >= 0.3 is 11.9 Å². The lowest BCUT2D eigenvalue weighted by atomic mass is 9.95. The molecule has 0 bridgehead atoms. The average Bonchev–Trinajstić information content (AvgIpc) is 3.28.